The van der Waals surface area contributed by atoms with E-state index >= 15 is 0 Å². The lowest BCUT2D eigenvalue weighted by molar-refractivity contribution is -0.385. The predicted molar refractivity (Wildman–Crippen MR) is 109 cm³/mol. The molecule has 1 fully saturated rings. The lowest BCUT2D eigenvalue weighted by atomic mass is 10.1. The molecule has 1 aliphatic heterocycles. The summed E-state index contributed by atoms with van der Waals surface area (Å²) in [6.45, 7) is 3.57. The molecule has 3 rings (SSSR count). The van der Waals surface area contributed by atoms with Gasteiger partial charge in [-0.2, -0.15) is 0 Å². The molecule has 1 N–H and O–H groups in total. The molecule has 1 saturated heterocycles. The summed E-state index contributed by atoms with van der Waals surface area (Å²) in [7, 11) is 0. The third-order valence-corrected chi connectivity index (χ3v) is 4.98. The van der Waals surface area contributed by atoms with Crippen LogP contribution < -0.4 is 4.74 Å². The van der Waals surface area contributed by atoms with Gasteiger partial charge in [0.15, 0.2) is 0 Å². The van der Waals surface area contributed by atoms with E-state index in [2.05, 4.69) is 0 Å². The van der Waals surface area contributed by atoms with Crippen molar-refractivity contribution in [3.05, 3.63) is 63.7 Å². The minimum atomic E-state index is -0.450. The Kier molecular flexibility index (Phi) is 6.51. The molecule has 2 aromatic carbocycles. The molecule has 0 aromatic heterocycles. The molecule has 2 aromatic rings. The minimum absolute atomic E-state index is 0.0261. The molecule has 9 heteroatoms. The first-order valence-electron chi connectivity index (χ1n) is 9.59. The molecule has 0 radical (unpaired) electrons. The number of aryl methyl sites for hydroxylation is 1. The summed E-state index contributed by atoms with van der Waals surface area (Å²) in [5.74, 6) is 0.396. The Morgan fingerprint density at radius 2 is 1.70 bits per heavy atom. The highest BCUT2D eigenvalue weighted by Gasteiger charge is 2.24. The van der Waals surface area contributed by atoms with Gasteiger partial charge >= 0.3 is 0 Å². The van der Waals surface area contributed by atoms with Gasteiger partial charge < -0.3 is 19.6 Å². The molecule has 1 aliphatic rings. The van der Waals surface area contributed by atoms with E-state index in [9.17, 15) is 24.8 Å². The van der Waals surface area contributed by atoms with Crippen LogP contribution in [0.25, 0.3) is 0 Å². The number of carbonyl (C=O) groups excluding carboxylic acids is 2. The number of carbonyl (C=O) groups is 2. The Bertz CT molecular complexity index is 936. The molecule has 30 heavy (non-hydrogen) atoms. The van der Waals surface area contributed by atoms with Crippen molar-refractivity contribution in [3.63, 3.8) is 0 Å². The van der Waals surface area contributed by atoms with Gasteiger partial charge in [-0.3, -0.25) is 19.7 Å². The monoisotopic (exact) mass is 413 g/mol. The van der Waals surface area contributed by atoms with Crippen molar-refractivity contribution in [2.75, 3.05) is 32.8 Å². The average Bonchev–Trinajstić information content (AvgIpc) is 2.73. The van der Waals surface area contributed by atoms with Crippen molar-refractivity contribution in [3.8, 4) is 11.5 Å². The number of nitro groups is 1. The van der Waals surface area contributed by atoms with E-state index in [0.29, 0.717) is 43.1 Å². The van der Waals surface area contributed by atoms with Crippen LogP contribution in [0.4, 0.5) is 5.69 Å². The molecule has 158 valence electrons. The van der Waals surface area contributed by atoms with Crippen molar-refractivity contribution in [2.24, 2.45) is 0 Å². The zero-order valence-corrected chi connectivity index (χ0v) is 16.6. The van der Waals surface area contributed by atoms with E-state index in [1.807, 2.05) is 0 Å². The van der Waals surface area contributed by atoms with E-state index in [4.69, 9.17) is 4.74 Å². The second kappa shape index (κ2) is 9.25. The fraction of sp³-hybridized carbons (Fsp3) is 0.333. The predicted octanol–water partition coefficient (Wildman–Crippen LogP) is 2.36. The Labute approximate surface area is 173 Å². The highest BCUT2D eigenvalue weighted by molar-refractivity contribution is 5.94. The minimum Gasteiger partial charge on any atom is -0.508 e. The number of phenolic OH excluding ortho intramolecular Hbond substituents is 1. The number of piperazine rings is 1. The number of hydrogen-bond acceptors (Lipinski definition) is 6. The number of aromatic hydroxyl groups is 1. The fourth-order valence-electron chi connectivity index (χ4n) is 3.28. The van der Waals surface area contributed by atoms with E-state index in [-0.39, 0.29) is 36.3 Å². The lowest BCUT2D eigenvalue weighted by Gasteiger charge is -2.34. The first-order valence-corrected chi connectivity index (χ1v) is 9.59. The zero-order chi connectivity index (χ0) is 21.7. The second-order valence-electron chi connectivity index (χ2n) is 7.02. The van der Waals surface area contributed by atoms with Gasteiger partial charge in [-0.25, -0.2) is 0 Å². The third kappa shape index (κ3) is 5.05. The Morgan fingerprint density at radius 3 is 2.30 bits per heavy atom. The summed E-state index contributed by atoms with van der Waals surface area (Å²) < 4.78 is 5.55. The highest BCUT2D eigenvalue weighted by atomic mass is 16.6. The van der Waals surface area contributed by atoms with Gasteiger partial charge in [-0.15, -0.1) is 0 Å². The number of nitrogens with zero attached hydrogens (tertiary/aromatic N) is 3. The number of amides is 2. The number of nitro benzene ring substituents is 1. The quantitative estimate of drug-likeness (QED) is 0.575. The van der Waals surface area contributed by atoms with E-state index in [1.54, 1.807) is 34.9 Å². The Morgan fingerprint density at radius 1 is 1.07 bits per heavy atom. The van der Waals surface area contributed by atoms with Crippen LogP contribution in [-0.4, -0.2) is 64.4 Å². The molecule has 9 nitrogen and oxygen atoms in total. The van der Waals surface area contributed by atoms with Gasteiger partial charge in [-0.1, -0.05) is 0 Å². The smallest absolute Gasteiger partial charge is 0.272 e. The first kappa shape index (κ1) is 21.1. The van der Waals surface area contributed by atoms with Gasteiger partial charge in [0.05, 0.1) is 18.0 Å². The zero-order valence-electron chi connectivity index (χ0n) is 16.6. The average molecular weight is 413 g/mol. The van der Waals surface area contributed by atoms with Crippen molar-refractivity contribution < 1.29 is 24.4 Å². The largest absolute Gasteiger partial charge is 0.508 e. The summed E-state index contributed by atoms with van der Waals surface area (Å²) in [5.41, 5.74) is 1.02. The maximum atomic E-state index is 12.5. The molecular weight excluding hydrogens is 390 g/mol. The second-order valence-corrected chi connectivity index (χ2v) is 7.02. The summed E-state index contributed by atoms with van der Waals surface area (Å²) >= 11 is 0. The molecule has 0 unspecified atom stereocenters. The molecule has 2 amide bonds. The van der Waals surface area contributed by atoms with Crippen LogP contribution in [0.2, 0.25) is 0 Å². The molecule has 0 bridgehead atoms. The SMILES string of the molecule is Cc1cc(OCCC(=O)N2CCN(C(=O)c3ccc(O)cc3)CC2)ccc1[N+](=O)[O-]. The highest BCUT2D eigenvalue weighted by Crippen LogP contribution is 2.23. The molecule has 0 spiro atoms. The van der Waals surface area contributed by atoms with Crippen LogP contribution in [0.15, 0.2) is 42.5 Å². The van der Waals surface area contributed by atoms with E-state index in [0.717, 1.165) is 0 Å². The third-order valence-electron chi connectivity index (χ3n) is 4.98. The van der Waals surface area contributed by atoms with Crippen molar-refractivity contribution >= 4 is 17.5 Å². The van der Waals surface area contributed by atoms with E-state index < -0.39 is 4.92 Å². The maximum Gasteiger partial charge on any atom is 0.272 e. The maximum absolute atomic E-state index is 12.5. The van der Waals surface area contributed by atoms with Crippen LogP contribution >= 0.6 is 0 Å². The molecule has 1 heterocycles. The first-order chi connectivity index (χ1) is 14.3. The summed E-state index contributed by atoms with van der Waals surface area (Å²) in [4.78, 5) is 38.7. The Balaban J connectivity index is 1.44. The van der Waals surface area contributed by atoms with Gasteiger partial charge in [0.2, 0.25) is 5.91 Å². The standard InChI is InChI=1S/C21H23N3O6/c1-15-14-18(6-7-19(15)24(28)29)30-13-8-20(26)22-9-11-23(12-10-22)21(27)16-2-4-17(25)5-3-16/h2-7,14,25H,8-13H2,1H3. The van der Waals surface area contributed by atoms with Crippen LogP contribution in [0.1, 0.15) is 22.3 Å². The normalized spacial score (nSPS) is 13.8. The number of benzene rings is 2. The molecule has 0 atom stereocenters. The summed E-state index contributed by atoms with van der Waals surface area (Å²) in [6, 6.07) is 10.6. The van der Waals surface area contributed by atoms with Crippen LogP contribution in [0, 0.1) is 17.0 Å². The number of hydrogen-bond donors (Lipinski definition) is 1. The molecular formula is C21H23N3O6. The fourth-order valence-corrected chi connectivity index (χ4v) is 3.28. The Hall–Kier alpha value is -3.62. The number of rotatable bonds is 6. The molecule has 0 aliphatic carbocycles. The van der Waals surface area contributed by atoms with Gasteiger partial charge in [0.1, 0.15) is 11.5 Å². The van der Waals surface area contributed by atoms with Crippen LogP contribution in [0.3, 0.4) is 0 Å². The number of phenols is 1. The van der Waals surface area contributed by atoms with Gasteiger partial charge in [0, 0.05) is 43.4 Å². The molecule has 0 saturated carbocycles. The van der Waals surface area contributed by atoms with Gasteiger partial charge in [-0.05, 0) is 43.3 Å². The lowest BCUT2D eigenvalue weighted by Crippen LogP contribution is -2.50. The van der Waals surface area contributed by atoms with Crippen LogP contribution in [0.5, 0.6) is 11.5 Å². The van der Waals surface area contributed by atoms with Crippen molar-refractivity contribution in [1.82, 2.24) is 9.80 Å². The topological polar surface area (TPSA) is 113 Å². The number of ether oxygens (including phenoxy) is 1. The van der Waals surface area contributed by atoms with Crippen molar-refractivity contribution in [1.29, 1.82) is 0 Å². The summed E-state index contributed by atoms with van der Waals surface area (Å²) in [5, 5.41) is 20.2. The summed E-state index contributed by atoms with van der Waals surface area (Å²) in [6.07, 6.45) is 0.182. The van der Waals surface area contributed by atoms with Crippen LogP contribution in [-0.2, 0) is 4.79 Å². The van der Waals surface area contributed by atoms with Gasteiger partial charge in [0.25, 0.3) is 11.6 Å². The van der Waals surface area contributed by atoms with Crippen molar-refractivity contribution in [2.45, 2.75) is 13.3 Å². The van der Waals surface area contributed by atoms with E-state index in [1.165, 1.54) is 24.3 Å².